The third-order valence-electron chi connectivity index (χ3n) is 2.89. The third-order valence-corrected chi connectivity index (χ3v) is 3.07. The fourth-order valence-corrected chi connectivity index (χ4v) is 2.14. The normalized spacial score (nSPS) is 24.8. The van der Waals surface area contributed by atoms with Gasteiger partial charge in [-0.3, -0.25) is 0 Å². The molecule has 0 aliphatic heterocycles. The van der Waals surface area contributed by atoms with Crippen LogP contribution in [-0.4, -0.2) is 16.0 Å². The van der Waals surface area contributed by atoms with Gasteiger partial charge in [-0.25, -0.2) is 9.97 Å². The standard InChI is InChI=1S/C11H13ClN4/c12-11-14-6-5-10(16-11)15-9-3-1-8(7-13)2-4-9/h5-6,8-9H,1-4H2,(H,14,15,16)/t8-,9-. The molecule has 5 heteroatoms. The van der Waals surface area contributed by atoms with Crippen molar-refractivity contribution in [1.82, 2.24) is 9.97 Å². The molecule has 0 unspecified atom stereocenters. The number of halogens is 1. The minimum absolute atomic E-state index is 0.229. The first-order valence-corrected chi connectivity index (χ1v) is 5.80. The van der Waals surface area contributed by atoms with Gasteiger partial charge in [0.15, 0.2) is 0 Å². The minimum atomic E-state index is 0.229. The van der Waals surface area contributed by atoms with Crippen LogP contribution in [0.1, 0.15) is 25.7 Å². The lowest BCUT2D eigenvalue weighted by molar-refractivity contribution is 0.397. The lowest BCUT2D eigenvalue weighted by Crippen LogP contribution is -2.26. The Labute approximate surface area is 99.7 Å². The summed E-state index contributed by atoms with van der Waals surface area (Å²) < 4.78 is 0. The molecule has 0 atom stereocenters. The fraction of sp³-hybridized carbons (Fsp3) is 0.545. The zero-order valence-corrected chi connectivity index (χ0v) is 9.61. The van der Waals surface area contributed by atoms with Gasteiger partial charge in [-0.15, -0.1) is 0 Å². The number of anilines is 1. The van der Waals surface area contributed by atoms with E-state index in [4.69, 9.17) is 16.9 Å². The zero-order valence-electron chi connectivity index (χ0n) is 8.86. The summed E-state index contributed by atoms with van der Waals surface area (Å²) in [5.74, 6) is 0.993. The van der Waals surface area contributed by atoms with Gasteiger partial charge >= 0.3 is 0 Å². The molecule has 1 aromatic rings. The van der Waals surface area contributed by atoms with Crippen LogP contribution >= 0.6 is 11.6 Å². The van der Waals surface area contributed by atoms with Crippen molar-refractivity contribution in [1.29, 1.82) is 5.26 Å². The van der Waals surface area contributed by atoms with Crippen LogP contribution in [0.15, 0.2) is 12.3 Å². The van der Waals surface area contributed by atoms with Crippen molar-refractivity contribution in [3.63, 3.8) is 0 Å². The molecule has 84 valence electrons. The number of hydrogen-bond acceptors (Lipinski definition) is 4. The molecule has 1 aromatic heterocycles. The van der Waals surface area contributed by atoms with Gasteiger partial charge in [0.25, 0.3) is 0 Å². The van der Waals surface area contributed by atoms with Crippen molar-refractivity contribution >= 4 is 17.4 Å². The van der Waals surface area contributed by atoms with Gasteiger partial charge in [0.1, 0.15) is 5.82 Å². The van der Waals surface area contributed by atoms with E-state index >= 15 is 0 Å². The van der Waals surface area contributed by atoms with Crippen molar-refractivity contribution in [2.45, 2.75) is 31.7 Å². The number of rotatable bonds is 2. The summed E-state index contributed by atoms with van der Waals surface area (Å²) in [5.41, 5.74) is 0. The average molecular weight is 237 g/mol. The summed E-state index contributed by atoms with van der Waals surface area (Å²) in [6.45, 7) is 0. The van der Waals surface area contributed by atoms with Crippen LogP contribution in [0.25, 0.3) is 0 Å². The van der Waals surface area contributed by atoms with Crippen LogP contribution in [0, 0.1) is 17.2 Å². The molecule has 1 N–H and O–H groups in total. The monoisotopic (exact) mass is 236 g/mol. The minimum Gasteiger partial charge on any atom is -0.367 e. The van der Waals surface area contributed by atoms with Gasteiger partial charge < -0.3 is 5.32 Å². The molecule has 1 fully saturated rings. The first-order chi connectivity index (χ1) is 7.78. The van der Waals surface area contributed by atoms with Gasteiger partial charge in [-0.2, -0.15) is 5.26 Å². The Morgan fingerprint density at radius 3 is 2.75 bits per heavy atom. The zero-order chi connectivity index (χ0) is 11.4. The molecule has 16 heavy (non-hydrogen) atoms. The highest BCUT2D eigenvalue weighted by Gasteiger charge is 2.20. The van der Waals surface area contributed by atoms with Crippen LogP contribution < -0.4 is 5.32 Å². The highest BCUT2D eigenvalue weighted by Crippen LogP contribution is 2.25. The second-order valence-electron chi connectivity index (χ2n) is 4.03. The van der Waals surface area contributed by atoms with Crippen LogP contribution in [0.2, 0.25) is 5.28 Å². The summed E-state index contributed by atoms with van der Waals surface area (Å²) in [6, 6.07) is 4.53. The highest BCUT2D eigenvalue weighted by atomic mass is 35.5. The number of nitriles is 1. The van der Waals surface area contributed by atoms with Crippen molar-refractivity contribution in [3.05, 3.63) is 17.5 Å². The first kappa shape index (κ1) is 11.2. The highest BCUT2D eigenvalue weighted by molar-refractivity contribution is 6.28. The Morgan fingerprint density at radius 2 is 2.12 bits per heavy atom. The first-order valence-electron chi connectivity index (χ1n) is 5.42. The van der Waals surface area contributed by atoms with E-state index < -0.39 is 0 Å². The number of nitrogens with zero attached hydrogens (tertiary/aromatic N) is 3. The smallest absolute Gasteiger partial charge is 0.224 e. The van der Waals surface area contributed by atoms with E-state index in [0.29, 0.717) is 6.04 Å². The summed E-state index contributed by atoms with van der Waals surface area (Å²) in [6.07, 6.45) is 5.60. The Hall–Kier alpha value is -1.34. The topological polar surface area (TPSA) is 61.6 Å². The predicted octanol–water partition coefficient (Wildman–Crippen LogP) is 2.62. The molecule has 0 saturated heterocycles. The summed E-state index contributed by atoms with van der Waals surface area (Å²) in [5, 5.41) is 12.4. The molecule has 0 radical (unpaired) electrons. The van der Waals surface area contributed by atoms with Crippen molar-refractivity contribution in [2.24, 2.45) is 5.92 Å². The third kappa shape index (κ3) is 2.83. The molecular weight excluding hydrogens is 224 g/mol. The van der Waals surface area contributed by atoms with E-state index in [9.17, 15) is 0 Å². The fourth-order valence-electron chi connectivity index (χ4n) is 1.99. The molecule has 1 aliphatic carbocycles. The molecule has 4 nitrogen and oxygen atoms in total. The number of nitrogens with one attached hydrogen (secondary N) is 1. The Bertz CT molecular complexity index is 393. The van der Waals surface area contributed by atoms with Gasteiger partial charge in [0.05, 0.1) is 6.07 Å². The van der Waals surface area contributed by atoms with E-state index in [1.807, 2.05) is 6.07 Å². The van der Waals surface area contributed by atoms with E-state index in [-0.39, 0.29) is 11.2 Å². The summed E-state index contributed by atoms with van der Waals surface area (Å²) in [4.78, 5) is 7.91. The lowest BCUT2D eigenvalue weighted by Gasteiger charge is -2.25. The Morgan fingerprint density at radius 1 is 1.38 bits per heavy atom. The average Bonchev–Trinajstić information content (AvgIpc) is 2.30. The van der Waals surface area contributed by atoms with Gasteiger partial charge in [-0.1, -0.05) is 0 Å². The molecule has 0 aromatic carbocycles. The van der Waals surface area contributed by atoms with E-state index in [1.54, 1.807) is 6.20 Å². The molecule has 0 bridgehead atoms. The molecule has 1 saturated carbocycles. The molecular formula is C11H13ClN4. The van der Waals surface area contributed by atoms with Crippen LogP contribution in [0.4, 0.5) is 5.82 Å². The van der Waals surface area contributed by atoms with E-state index in [1.165, 1.54) is 0 Å². The summed E-state index contributed by atoms with van der Waals surface area (Å²) in [7, 11) is 0. The maximum atomic E-state index is 8.79. The van der Waals surface area contributed by atoms with Gasteiger partial charge in [0, 0.05) is 18.2 Å². The van der Waals surface area contributed by atoms with Crippen LogP contribution in [0.3, 0.4) is 0 Å². The Balaban J connectivity index is 1.90. The van der Waals surface area contributed by atoms with Crippen molar-refractivity contribution in [2.75, 3.05) is 5.32 Å². The maximum absolute atomic E-state index is 8.79. The molecule has 2 rings (SSSR count). The molecule has 1 aliphatic rings. The quantitative estimate of drug-likeness (QED) is 0.802. The maximum Gasteiger partial charge on any atom is 0.224 e. The molecule has 1 heterocycles. The lowest BCUT2D eigenvalue weighted by atomic mass is 9.87. The van der Waals surface area contributed by atoms with E-state index in [2.05, 4.69) is 21.4 Å². The van der Waals surface area contributed by atoms with Gasteiger partial charge in [0.2, 0.25) is 5.28 Å². The summed E-state index contributed by atoms with van der Waals surface area (Å²) >= 11 is 5.70. The Kier molecular flexibility index (Phi) is 3.58. The van der Waals surface area contributed by atoms with Crippen molar-refractivity contribution < 1.29 is 0 Å². The second kappa shape index (κ2) is 5.13. The van der Waals surface area contributed by atoms with Crippen LogP contribution in [-0.2, 0) is 0 Å². The van der Waals surface area contributed by atoms with Crippen molar-refractivity contribution in [3.8, 4) is 6.07 Å². The largest absolute Gasteiger partial charge is 0.367 e. The number of aromatic nitrogens is 2. The molecule has 0 amide bonds. The van der Waals surface area contributed by atoms with Crippen LogP contribution in [0.5, 0.6) is 0 Å². The van der Waals surface area contributed by atoms with E-state index in [0.717, 1.165) is 31.5 Å². The van der Waals surface area contributed by atoms with Gasteiger partial charge in [-0.05, 0) is 43.4 Å². The SMILES string of the molecule is N#C[C@H]1CC[C@H](Nc2ccnc(Cl)n2)CC1. The predicted molar refractivity (Wildman–Crippen MR) is 62.0 cm³/mol. The number of hydrogen-bond donors (Lipinski definition) is 1. The second-order valence-corrected chi connectivity index (χ2v) is 4.37. The molecule has 0 spiro atoms.